The van der Waals surface area contributed by atoms with Crippen LogP contribution in [0.15, 0.2) is 11.0 Å². The number of fused-ring (bicyclic) bond motifs is 1. The van der Waals surface area contributed by atoms with E-state index in [1.807, 2.05) is 18.2 Å². The molecule has 0 atom stereocenters. The lowest BCUT2D eigenvalue weighted by atomic mass is 10.3. The van der Waals surface area contributed by atoms with E-state index in [0.29, 0.717) is 0 Å². The van der Waals surface area contributed by atoms with Gasteiger partial charge in [-0.1, -0.05) is 6.08 Å². The molecule has 0 radical (unpaired) electrons. The summed E-state index contributed by atoms with van der Waals surface area (Å²) in [6.45, 7) is 0. The van der Waals surface area contributed by atoms with Crippen LogP contribution in [0.3, 0.4) is 0 Å². The predicted molar refractivity (Wildman–Crippen MR) is 53.4 cm³/mol. The monoisotopic (exact) mass is 204 g/mol. The molecule has 0 unspecified atom stereocenters. The zero-order valence-electron chi connectivity index (χ0n) is 6.57. The van der Waals surface area contributed by atoms with E-state index in [4.69, 9.17) is 10.5 Å². The van der Waals surface area contributed by atoms with E-state index in [-0.39, 0.29) is 5.57 Å². The predicted octanol–water partition coefficient (Wildman–Crippen LogP) is 0.832. The van der Waals surface area contributed by atoms with Crippen molar-refractivity contribution >= 4 is 34.7 Å². The van der Waals surface area contributed by atoms with E-state index in [1.54, 1.807) is 11.8 Å². The number of thiophene rings is 1. The molecule has 0 N–H and O–H groups in total. The molecular weight excluding hydrogens is 200 g/mol. The van der Waals surface area contributed by atoms with Crippen molar-refractivity contribution < 1.29 is 0 Å². The Kier molecular flexibility index (Phi) is 2.10. The number of hydrogen-bond acceptors (Lipinski definition) is 4. The van der Waals surface area contributed by atoms with Crippen LogP contribution in [0.2, 0.25) is 0 Å². The minimum absolute atomic E-state index is 0.216. The molecule has 62 valence electrons. The van der Waals surface area contributed by atoms with Crippen molar-refractivity contribution in [2.45, 2.75) is 4.90 Å². The van der Waals surface area contributed by atoms with E-state index >= 15 is 0 Å². The van der Waals surface area contributed by atoms with Gasteiger partial charge in [0.05, 0.1) is 4.53 Å². The SMILES string of the molecule is N#CC(C#N)=c1cc2c(s1)=CCS2. The first-order chi connectivity index (χ1) is 6.35. The van der Waals surface area contributed by atoms with Gasteiger partial charge in [0, 0.05) is 15.2 Å². The molecule has 4 heteroatoms. The maximum absolute atomic E-state index is 8.65. The van der Waals surface area contributed by atoms with Gasteiger partial charge in [0.2, 0.25) is 0 Å². The van der Waals surface area contributed by atoms with Gasteiger partial charge in [-0.05, 0) is 6.07 Å². The van der Waals surface area contributed by atoms with Crippen molar-refractivity contribution in [3.8, 4) is 12.1 Å². The Morgan fingerprint density at radius 1 is 1.38 bits per heavy atom. The van der Waals surface area contributed by atoms with Gasteiger partial charge in [0.15, 0.2) is 0 Å². The Morgan fingerprint density at radius 2 is 2.15 bits per heavy atom. The Morgan fingerprint density at radius 3 is 2.77 bits per heavy atom. The van der Waals surface area contributed by atoms with Crippen LogP contribution in [-0.4, -0.2) is 5.75 Å². The minimum atomic E-state index is 0.216. The Bertz CT molecular complexity index is 524. The largest absolute Gasteiger partial charge is 0.192 e. The van der Waals surface area contributed by atoms with Crippen LogP contribution in [0.5, 0.6) is 0 Å². The fourth-order valence-corrected chi connectivity index (χ4v) is 3.38. The highest BCUT2D eigenvalue weighted by molar-refractivity contribution is 8.00. The van der Waals surface area contributed by atoms with Crippen LogP contribution in [-0.2, 0) is 0 Å². The van der Waals surface area contributed by atoms with Crippen molar-refractivity contribution in [1.82, 2.24) is 0 Å². The summed E-state index contributed by atoms with van der Waals surface area (Å²) in [6, 6.07) is 5.73. The van der Waals surface area contributed by atoms with E-state index in [9.17, 15) is 0 Å². The highest BCUT2D eigenvalue weighted by atomic mass is 32.2. The smallest absolute Gasteiger partial charge is 0.146 e. The summed E-state index contributed by atoms with van der Waals surface area (Å²) in [5, 5.41) is 17.3. The second-order valence-electron chi connectivity index (χ2n) is 2.45. The molecule has 2 nitrogen and oxygen atoms in total. The summed E-state index contributed by atoms with van der Waals surface area (Å²) < 4.78 is 1.99. The second-order valence-corrected chi connectivity index (χ2v) is 4.60. The topological polar surface area (TPSA) is 47.6 Å². The molecule has 0 aliphatic carbocycles. The maximum Gasteiger partial charge on any atom is 0.146 e. The van der Waals surface area contributed by atoms with Crippen molar-refractivity contribution in [3.63, 3.8) is 0 Å². The van der Waals surface area contributed by atoms with Gasteiger partial charge < -0.3 is 0 Å². The van der Waals surface area contributed by atoms with Gasteiger partial charge >= 0.3 is 0 Å². The van der Waals surface area contributed by atoms with Crippen LogP contribution in [0, 0.1) is 22.7 Å². The molecule has 0 spiro atoms. The van der Waals surface area contributed by atoms with Gasteiger partial charge in [-0.2, -0.15) is 10.5 Å². The lowest BCUT2D eigenvalue weighted by molar-refractivity contribution is 1.49. The summed E-state index contributed by atoms with van der Waals surface area (Å²) in [5.74, 6) is 1.01. The van der Waals surface area contributed by atoms with Crippen LogP contribution in [0.1, 0.15) is 0 Å². The van der Waals surface area contributed by atoms with Crippen LogP contribution < -0.4 is 9.06 Å². The molecular formula is C9H4N2S2. The fraction of sp³-hybridized carbons (Fsp3) is 0.111. The first-order valence-electron chi connectivity index (χ1n) is 3.62. The highest BCUT2D eigenvalue weighted by Gasteiger charge is 2.07. The van der Waals surface area contributed by atoms with E-state index < -0.39 is 0 Å². The summed E-state index contributed by atoms with van der Waals surface area (Å²) in [6.07, 6.45) is 2.13. The van der Waals surface area contributed by atoms with Gasteiger partial charge in [-0.3, -0.25) is 0 Å². The van der Waals surface area contributed by atoms with Crippen LogP contribution >= 0.6 is 23.1 Å². The average Bonchev–Trinajstić information content (AvgIpc) is 2.65. The van der Waals surface area contributed by atoms with Crippen molar-refractivity contribution in [2.75, 3.05) is 5.75 Å². The van der Waals surface area contributed by atoms with E-state index in [2.05, 4.69) is 6.08 Å². The first-order valence-corrected chi connectivity index (χ1v) is 5.42. The first kappa shape index (κ1) is 8.37. The quantitative estimate of drug-likeness (QED) is 0.629. The Labute approximate surface area is 83.4 Å². The molecule has 2 rings (SSSR count). The molecule has 1 aromatic rings. The number of nitrogens with zero attached hydrogens (tertiary/aromatic N) is 2. The number of hydrogen-bond donors (Lipinski definition) is 0. The molecule has 0 amide bonds. The van der Waals surface area contributed by atoms with E-state index in [0.717, 1.165) is 10.3 Å². The lowest BCUT2D eigenvalue weighted by Gasteiger charge is -1.81. The molecule has 0 saturated heterocycles. The van der Waals surface area contributed by atoms with Crippen LogP contribution in [0.25, 0.3) is 11.6 Å². The third kappa shape index (κ3) is 1.35. The lowest BCUT2D eigenvalue weighted by Crippen LogP contribution is -1.96. The van der Waals surface area contributed by atoms with Gasteiger partial charge in [-0.15, -0.1) is 23.1 Å². The zero-order chi connectivity index (χ0) is 9.26. The minimum Gasteiger partial charge on any atom is -0.192 e. The maximum atomic E-state index is 8.65. The van der Waals surface area contributed by atoms with Gasteiger partial charge in [0.1, 0.15) is 17.7 Å². The zero-order valence-corrected chi connectivity index (χ0v) is 8.21. The summed E-state index contributed by atoms with van der Waals surface area (Å²) >= 11 is 3.27. The third-order valence-corrected chi connectivity index (χ3v) is 3.96. The molecule has 0 aromatic carbocycles. The standard InChI is InChI=1S/C9H4N2S2/c10-4-6(5-11)8-3-9-7(13-8)1-2-12-9/h1,3H,2H2. The number of thioether (sulfide) groups is 1. The number of rotatable bonds is 0. The van der Waals surface area contributed by atoms with Crippen molar-refractivity contribution in [3.05, 3.63) is 15.1 Å². The van der Waals surface area contributed by atoms with E-state index in [1.165, 1.54) is 20.8 Å². The Hall–Kier alpha value is -1.23. The highest BCUT2D eigenvalue weighted by Crippen LogP contribution is 2.18. The normalized spacial score (nSPS) is 12.5. The third-order valence-electron chi connectivity index (χ3n) is 1.70. The van der Waals surface area contributed by atoms with Gasteiger partial charge in [-0.25, -0.2) is 0 Å². The molecule has 1 aromatic heterocycles. The van der Waals surface area contributed by atoms with Crippen molar-refractivity contribution in [1.29, 1.82) is 10.5 Å². The molecule has 1 aliphatic rings. The molecule has 0 saturated carbocycles. The average molecular weight is 204 g/mol. The van der Waals surface area contributed by atoms with Crippen LogP contribution in [0.4, 0.5) is 0 Å². The molecule has 13 heavy (non-hydrogen) atoms. The van der Waals surface area contributed by atoms with Crippen molar-refractivity contribution in [2.24, 2.45) is 0 Å². The van der Waals surface area contributed by atoms with Gasteiger partial charge in [0.25, 0.3) is 0 Å². The Balaban J connectivity index is 2.77. The fourth-order valence-electron chi connectivity index (χ4n) is 1.11. The molecule has 2 heterocycles. The molecule has 0 fully saturated rings. The number of nitriles is 2. The molecule has 0 bridgehead atoms. The molecule has 1 aliphatic heterocycles. The second kappa shape index (κ2) is 3.26. The summed E-state index contributed by atoms with van der Waals surface area (Å²) in [7, 11) is 0. The summed E-state index contributed by atoms with van der Waals surface area (Å²) in [4.78, 5) is 1.20. The summed E-state index contributed by atoms with van der Waals surface area (Å²) in [5.41, 5.74) is 0.216.